The average Bonchev–Trinajstić information content (AvgIpc) is 2.79. The fraction of sp³-hybridized carbons (Fsp3) is 0.231. The van der Waals surface area contributed by atoms with Crippen molar-refractivity contribution in [1.82, 2.24) is 9.55 Å². The number of benzene rings is 1. The van der Waals surface area contributed by atoms with E-state index in [9.17, 15) is 4.79 Å². The number of aryl methyl sites for hydroxylation is 1. The molecule has 6 heteroatoms. The maximum absolute atomic E-state index is 10.8. The second-order valence-electron chi connectivity index (χ2n) is 3.96. The summed E-state index contributed by atoms with van der Waals surface area (Å²) in [4.78, 5) is 14.9. The summed E-state index contributed by atoms with van der Waals surface area (Å²) in [6.07, 6.45) is 1.51. The van der Waals surface area contributed by atoms with Crippen molar-refractivity contribution in [2.24, 2.45) is 7.05 Å². The van der Waals surface area contributed by atoms with E-state index in [1.54, 1.807) is 18.7 Å². The molecule has 0 aliphatic heterocycles. The van der Waals surface area contributed by atoms with E-state index >= 15 is 0 Å². The molecule has 0 saturated carbocycles. The summed E-state index contributed by atoms with van der Waals surface area (Å²) in [5.41, 5.74) is 1.20. The maximum atomic E-state index is 10.8. The number of aromatic carboxylic acids is 1. The van der Waals surface area contributed by atoms with Crippen LogP contribution in [0.1, 0.15) is 16.1 Å². The zero-order chi connectivity index (χ0) is 13.8. The lowest BCUT2D eigenvalue weighted by Gasteiger charge is -2.03. The molecule has 0 bridgehead atoms. The van der Waals surface area contributed by atoms with Gasteiger partial charge in [-0.25, -0.2) is 9.78 Å². The maximum Gasteiger partial charge on any atom is 0.356 e. The Morgan fingerprint density at radius 1 is 1.42 bits per heavy atom. The second kappa shape index (κ2) is 5.79. The Labute approximate surface area is 115 Å². The molecule has 0 fully saturated rings. The van der Waals surface area contributed by atoms with Gasteiger partial charge in [0.25, 0.3) is 0 Å². The van der Waals surface area contributed by atoms with E-state index in [-0.39, 0.29) is 5.69 Å². The number of hydrogen-bond donors (Lipinski definition) is 1. The van der Waals surface area contributed by atoms with E-state index in [0.717, 1.165) is 17.1 Å². The van der Waals surface area contributed by atoms with Gasteiger partial charge in [0.15, 0.2) is 10.9 Å². The average molecular weight is 278 g/mol. The normalized spacial score (nSPS) is 10.4. The van der Waals surface area contributed by atoms with Crippen molar-refractivity contribution in [2.45, 2.75) is 10.9 Å². The first-order valence-corrected chi connectivity index (χ1v) is 6.61. The Hall–Kier alpha value is -1.95. The summed E-state index contributed by atoms with van der Waals surface area (Å²) in [5, 5.41) is 9.55. The number of aromatic nitrogens is 2. The van der Waals surface area contributed by atoms with Crippen molar-refractivity contribution in [3.05, 3.63) is 41.7 Å². The Bertz CT molecular complexity index is 578. The first-order valence-electron chi connectivity index (χ1n) is 5.62. The predicted molar refractivity (Wildman–Crippen MR) is 72.7 cm³/mol. The lowest BCUT2D eigenvalue weighted by Crippen LogP contribution is -1.95. The lowest BCUT2D eigenvalue weighted by molar-refractivity contribution is 0.0690. The summed E-state index contributed by atoms with van der Waals surface area (Å²) < 4.78 is 6.81. The molecule has 0 spiro atoms. The van der Waals surface area contributed by atoms with Gasteiger partial charge in [-0.05, 0) is 17.7 Å². The molecule has 1 N–H and O–H groups in total. The minimum absolute atomic E-state index is 0.0692. The molecule has 1 aromatic carbocycles. The Kier molecular flexibility index (Phi) is 4.11. The number of carboxylic acid groups (broad SMARTS) is 1. The van der Waals surface area contributed by atoms with Gasteiger partial charge in [-0.2, -0.15) is 0 Å². The van der Waals surface area contributed by atoms with Gasteiger partial charge < -0.3 is 14.4 Å². The molecule has 0 atom stereocenters. The smallest absolute Gasteiger partial charge is 0.356 e. The number of ether oxygens (including phenoxy) is 1. The third-order valence-corrected chi connectivity index (χ3v) is 3.70. The molecule has 0 aliphatic carbocycles. The fourth-order valence-electron chi connectivity index (χ4n) is 1.56. The summed E-state index contributed by atoms with van der Waals surface area (Å²) >= 11 is 1.50. The summed E-state index contributed by atoms with van der Waals surface area (Å²) in [7, 11) is 3.42. The highest BCUT2D eigenvalue weighted by Crippen LogP contribution is 2.23. The van der Waals surface area contributed by atoms with Crippen molar-refractivity contribution in [1.29, 1.82) is 0 Å². The minimum atomic E-state index is -1.01. The monoisotopic (exact) mass is 278 g/mol. The zero-order valence-electron chi connectivity index (χ0n) is 10.7. The standard InChI is InChI=1S/C13H14N2O3S/c1-15-7-11(12(16)17)14-13(15)19-8-9-3-5-10(18-2)6-4-9/h3-7H,8H2,1-2H3,(H,16,17). The summed E-state index contributed by atoms with van der Waals surface area (Å²) in [6.45, 7) is 0. The van der Waals surface area contributed by atoms with Crippen LogP contribution in [-0.4, -0.2) is 27.7 Å². The van der Waals surface area contributed by atoms with Gasteiger partial charge in [-0.3, -0.25) is 0 Å². The number of hydrogen-bond acceptors (Lipinski definition) is 4. The van der Waals surface area contributed by atoms with Gasteiger partial charge in [-0.1, -0.05) is 23.9 Å². The van der Waals surface area contributed by atoms with E-state index in [2.05, 4.69) is 4.98 Å². The largest absolute Gasteiger partial charge is 0.497 e. The highest BCUT2D eigenvalue weighted by atomic mass is 32.2. The molecule has 19 heavy (non-hydrogen) atoms. The number of methoxy groups -OCH3 is 1. The van der Waals surface area contributed by atoms with Crippen molar-refractivity contribution in [3.63, 3.8) is 0 Å². The first-order chi connectivity index (χ1) is 9.10. The van der Waals surface area contributed by atoms with Crippen molar-refractivity contribution >= 4 is 17.7 Å². The van der Waals surface area contributed by atoms with E-state index in [1.807, 2.05) is 24.3 Å². The lowest BCUT2D eigenvalue weighted by atomic mass is 10.2. The molecule has 100 valence electrons. The number of carbonyl (C=O) groups is 1. The Balaban J connectivity index is 2.03. The van der Waals surface area contributed by atoms with Gasteiger partial charge in [-0.15, -0.1) is 0 Å². The Morgan fingerprint density at radius 3 is 2.63 bits per heavy atom. The van der Waals surface area contributed by atoms with Crippen LogP contribution in [0.15, 0.2) is 35.6 Å². The quantitative estimate of drug-likeness (QED) is 0.851. The van der Waals surface area contributed by atoms with Crippen LogP contribution < -0.4 is 4.74 Å². The molecular weight excluding hydrogens is 264 g/mol. The van der Waals surface area contributed by atoms with Crippen molar-refractivity contribution in [2.75, 3.05) is 7.11 Å². The van der Waals surface area contributed by atoms with E-state index in [1.165, 1.54) is 18.0 Å². The van der Waals surface area contributed by atoms with Crippen LogP contribution >= 0.6 is 11.8 Å². The van der Waals surface area contributed by atoms with Crippen LogP contribution in [0.2, 0.25) is 0 Å². The molecule has 1 heterocycles. The third-order valence-electron chi connectivity index (χ3n) is 2.58. The van der Waals surface area contributed by atoms with Crippen LogP contribution in [0.4, 0.5) is 0 Å². The topological polar surface area (TPSA) is 64.3 Å². The van der Waals surface area contributed by atoms with Gasteiger partial charge in [0.05, 0.1) is 7.11 Å². The number of nitrogens with zero attached hydrogens (tertiary/aromatic N) is 2. The van der Waals surface area contributed by atoms with Crippen LogP contribution in [0.3, 0.4) is 0 Å². The van der Waals surface area contributed by atoms with Gasteiger partial charge in [0.2, 0.25) is 0 Å². The van der Waals surface area contributed by atoms with Crippen LogP contribution in [0.25, 0.3) is 0 Å². The molecule has 0 amide bonds. The van der Waals surface area contributed by atoms with Gasteiger partial charge >= 0.3 is 5.97 Å². The number of imidazole rings is 1. The molecule has 0 unspecified atom stereocenters. The molecule has 5 nitrogen and oxygen atoms in total. The molecule has 2 rings (SSSR count). The zero-order valence-corrected chi connectivity index (χ0v) is 11.5. The minimum Gasteiger partial charge on any atom is -0.497 e. The second-order valence-corrected chi connectivity index (χ2v) is 4.90. The number of carboxylic acids is 1. The fourth-order valence-corrected chi connectivity index (χ4v) is 2.46. The molecular formula is C13H14N2O3S. The molecule has 2 aromatic rings. The van der Waals surface area contributed by atoms with Gasteiger partial charge in [0.1, 0.15) is 5.75 Å². The van der Waals surface area contributed by atoms with Crippen LogP contribution in [0, 0.1) is 0 Å². The molecule has 1 aromatic heterocycles. The van der Waals surface area contributed by atoms with Crippen LogP contribution in [-0.2, 0) is 12.8 Å². The van der Waals surface area contributed by atoms with Crippen molar-refractivity contribution < 1.29 is 14.6 Å². The van der Waals surface area contributed by atoms with Gasteiger partial charge in [0, 0.05) is 19.0 Å². The number of rotatable bonds is 5. The van der Waals surface area contributed by atoms with Crippen molar-refractivity contribution in [3.8, 4) is 5.75 Å². The molecule has 0 aliphatic rings. The Morgan fingerprint density at radius 2 is 2.11 bits per heavy atom. The van der Waals surface area contributed by atoms with E-state index in [4.69, 9.17) is 9.84 Å². The highest BCUT2D eigenvalue weighted by molar-refractivity contribution is 7.98. The molecule has 0 saturated heterocycles. The van der Waals surface area contributed by atoms with E-state index < -0.39 is 5.97 Å². The van der Waals surface area contributed by atoms with Crippen LogP contribution in [0.5, 0.6) is 5.75 Å². The summed E-state index contributed by atoms with van der Waals surface area (Å²) in [6, 6.07) is 7.76. The van der Waals surface area contributed by atoms with E-state index in [0.29, 0.717) is 5.16 Å². The highest BCUT2D eigenvalue weighted by Gasteiger charge is 2.11. The first kappa shape index (κ1) is 13.5. The predicted octanol–water partition coefficient (Wildman–Crippen LogP) is 2.42. The SMILES string of the molecule is COc1ccc(CSc2nc(C(=O)O)cn2C)cc1. The molecule has 0 radical (unpaired) electrons. The number of thioether (sulfide) groups is 1. The summed E-state index contributed by atoms with van der Waals surface area (Å²) in [5.74, 6) is 0.541. The third kappa shape index (κ3) is 3.29.